The van der Waals surface area contributed by atoms with Crippen LogP contribution in [0.25, 0.3) is 0 Å². The first-order valence-electron chi connectivity index (χ1n) is 5.00. The first-order chi connectivity index (χ1) is 6.74. The normalized spacial score (nSPS) is 26.9. The van der Waals surface area contributed by atoms with Gasteiger partial charge in [0.1, 0.15) is 6.29 Å². The van der Waals surface area contributed by atoms with E-state index in [2.05, 4.69) is 17.0 Å². The Balaban J connectivity index is 2.03. The molecule has 1 aliphatic rings. The van der Waals surface area contributed by atoms with Gasteiger partial charge in [-0.3, -0.25) is 4.90 Å². The summed E-state index contributed by atoms with van der Waals surface area (Å²) in [7, 11) is 0. The lowest BCUT2D eigenvalue weighted by molar-refractivity contribution is -0.126. The van der Waals surface area contributed by atoms with E-state index in [0.717, 1.165) is 25.8 Å². The highest BCUT2D eigenvalue weighted by molar-refractivity contribution is 5.65. The topological polar surface area (TPSA) is 20.3 Å². The fraction of sp³-hybridized carbons (Fsp3) is 0.417. The Kier molecular flexibility index (Phi) is 2.38. The molecule has 0 aliphatic carbocycles. The van der Waals surface area contributed by atoms with E-state index in [-0.39, 0.29) is 5.54 Å². The first kappa shape index (κ1) is 9.41. The number of benzene rings is 1. The number of rotatable bonds is 3. The number of aldehydes is 1. The van der Waals surface area contributed by atoms with Gasteiger partial charge in [0.25, 0.3) is 0 Å². The molecule has 0 spiro atoms. The summed E-state index contributed by atoms with van der Waals surface area (Å²) in [6.07, 6.45) is 2.06. The summed E-state index contributed by atoms with van der Waals surface area (Å²) in [4.78, 5) is 13.1. The summed E-state index contributed by atoms with van der Waals surface area (Å²) in [5.74, 6) is 0. The molecule has 0 saturated carbocycles. The average molecular weight is 189 g/mol. The highest BCUT2D eigenvalue weighted by Gasteiger charge is 2.39. The third-order valence-electron chi connectivity index (χ3n) is 3.08. The standard InChI is InChI=1S/C12H15NO/c1-12(10-14)7-8-13(12)9-11-5-3-2-4-6-11/h2-6,10H,7-9H2,1H3. The molecule has 0 N–H and O–H groups in total. The Morgan fingerprint density at radius 2 is 2.14 bits per heavy atom. The molecule has 0 radical (unpaired) electrons. The van der Waals surface area contributed by atoms with Gasteiger partial charge < -0.3 is 4.79 Å². The molecule has 0 bridgehead atoms. The van der Waals surface area contributed by atoms with Crippen molar-refractivity contribution in [3.8, 4) is 0 Å². The third-order valence-corrected chi connectivity index (χ3v) is 3.08. The zero-order chi connectivity index (χ0) is 10.0. The maximum atomic E-state index is 10.9. The van der Waals surface area contributed by atoms with Crippen LogP contribution in [0.1, 0.15) is 18.9 Å². The summed E-state index contributed by atoms with van der Waals surface area (Å²) in [6.45, 7) is 3.92. The highest BCUT2D eigenvalue weighted by Crippen LogP contribution is 2.29. The van der Waals surface area contributed by atoms with Crippen molar-refractivity contribution in [2.75, 3.05) is 6.54 Å². The second kappa shape index (κ2) is 3.54. The zero-order valence-electron chi connectivity index (χ0n) is 8.44. The fourth-order valence-corrected chi connectivity index (χ4v) is 1.82. The summed E-state index contributed by atoms with van der Waals surface area (Å²) in [5, 5.41) is 0. The molecule has 1 unspecified atom stereocenters. The van der Waals surface area contributed by atoms with E-state index in [9.17, 15) is 4.79 Å². The Morgan fingerprint density at radius 3 is 2.64 bits per heavy atom. The number of hydrogen-bond acceptors (Lipinski definition) is 2. The summed E-state index contributed by atoms with van der Waals surface area (Å²) in [6, 6.07) is 10.3. The van der Waals surface area contributed by atoms with E-state index in [1.54, 1.807) is 0 Å². The highest BCUT2D eigenvalue weighted by atomic mass is 16.1. The van der Waals surface area contributed by atoms with Gasteiger partial charge in [0.2, 0.25) is 0 Å². The molecule has 1 atom stereocenters. The number of likely N-dealkylation sites (tertiary alicyclic amines) is 1. The monoisotopic (exact) mass is 189 g/mol. The smallest absolute Gasteiger partial charge is 0.140 e. The van der Waals surface area contributed by atoms with Crippen LogP contribution in [0.2, 0.25) is 0 Å². The molecular formula is C12H15NO. The van der Waals surface area contributed by atoms with Crippen LogP contribution in [0.3, 0.4) is 0 Å². The molecule has 0 amide bonds. The SMILES string of the molecule is CC1(C=O)CCN1Cc1ccccc1. The van der Waals surface area contributed by atoms with Crippen molar-refractivity contribution in [1.82, 2.24) is 4.90 Å². The molecule has 0 aromatic heterocycles. The minimum atomic E-state index is -0.212. The maximum Gasteiger partial charge on any atom is 0.140 e. The van der Waals surface area contributed by atoms with Gasteiger partial charge in [0.05, 0.1) is 5.54 Å². The molecule has 1 aromatic rings. The van der Waals surface area contributed by atoms with Gasteiger partial charge >= 0.3 is 0 Å². The van der Waals surface area contributed by atoms with Crippen LogP contribution >= 0.6 is 0 Å². The van der Waals surface area contributed by atoms with E-state index in [4.69, 9.17) is 0 Å². The third kappa shape index (κ3) is 1.58. The molecule has 1 saturated heterocycles. The second-order valence-corrected chi connectivity index (χ2v) is 4.13. The number of carbonyl (C=O) groups is 1. The Hall–Kier alpha value is -1.15. The minimum absolute atomic E-state index is 0.212. The largest absolute Gasteiger partial charge is 0.301 e. The average Bonchev–Trinajstić information content (AvgIpc) is 2.25. The Morgan fingerprint density at radius 1 is 1.43 bits per heavy atom. The molecule has 1 heterocycles. The Labute approximate surface area is 84.5 Å². The lowest BCUT2D eigenvalue weighted by atomic mass is 9.88. The molecule has 14 heavy (non-hydrogen) atoms. The molecule has 2 heteroatoms. The van der Waals surface area contributed by atoms with Crippen LogP contribution in [0, 0.1) is 0 Å². The molecule has 2 rings (SSSR count). The van der Waals surface area contributed by atoms with Crippen LogP contribution < -0.4 is 0 Å². The molecule has 74 valence electrons. The van der Waals surface area contributed by atoms with Gasteiger partial charge in [-0.25, -0.2) is 0 Å². The fourth-order valence-electron chi connectivity index (χ4n) is 1.82. The van der Waals surface area contributed by atoms with Crippen molar-refractivity contribution in [3.05, 3.63) is 35.9 Å². The summed E-state index contributed by atoms with van der Waals surface area (Å²) in [5.41, 5.74) is 1.07. The van der Waals surface area contributed by atoms with Crippen LogP contribution in [0.15, 0.2) is 30.3 Å². The van der Waals surface area contributed by atoms with Crippen molar-refractivity contribution in [1.29, 1.82) is 0 Å². The van der Waals surface area contributed by atoms with Gasteiger partial charge in [-0.05, 0) is 18.9 Å². The lowest BCUT2D eigenvalue weighted by Gasteiger charge is -2.47. The van der Waals surface area contributed by atoms with Gasteiger partial charge in [-0.1, -0.05) is 30.3 Å². The van der Waals surface area contributed by atoms with Gasteiger partial charge in [-0.15, -0.1) is 0 Å². The molecular weight excluding hydrogens is 174 g/mol. The van der Waals surface area contributed by atoms with Crippen molar-refractivity contribution in [2.45, 2.75) is 25.4 Å². The number of hydrogen-bond donors (Lipinski definition) is 0. The zero-order valence-corrected chi connectivity index (χ0v) is 8.44. The van der Waals surface area contributed by atoms with E-state index in [1.165, 1.54) is 5.56 Å². The minimum Gasteiger partial charge on any atom is -0.301 e. The molecule has 2 nitrogen and oxygen atoms in total. The Bertz CT molecular complexity index is 322. The second-order valence-electron chi connectivity index (χ2n) is 4.13. The van der Waals surface area contributed by atoms with Crippen molar-refractivity contribution in [3.63, 3.8) is 0 Å². The van der Waals surface area contributed by atoms with Gasteiger partial charge in [0.15, 0.2) is 0 Å². The van der Waals surface area contributed by atoms with Crippen molar-refractivity contribution in [2.24, 2.45) is 0 Å². The number of nitrogens with zero attached hydrogens (tertiary/aromatic N) is 1. The predicted molar refractivity (Wildman–Crippen MR) is 55.9 cm³/mol. The first-order valence-corrected chi connectivity index (χ1v) is 5.00. The van der Waals surface area contributed by atoms with Crippen LogP contribution in [0.4, 0.5) is 0 Å². The van der Waals surface area contributed by atoms with Gasteiger partial charge in [-0.2, -0.15) is 0 Å². The molecule has 1 aromatic carbocycles. The summed E-state index contributed by atoms with van der Waals surface area (Å²) >= 11 is 0. The van der Waals surface area contributed by atoms with E-state index >= 15 is 0 Å². The van der Waals surface area contributed by atoms with E-state index < -0.39 is 0 Å². The van der Waals surface area contributed by atoms with Crippen LogP contribution in [0.5, 0.6) is 0 Å². The van der Waals surface area contributed by atoms with Crippen LogP contribution in [-0.4, -0.2) is 23.3 Å². The van der Waals surface area contributed by atoms with Crippen LogP contribution in [-0.2, 0) is 11.3 Å². The van der Waals surface area contributed by atoms with Gasteiger partial charge in [0, 0.05) is 13.1 Å². The lowest BCUT2D eigenvalue weighted by Crippen LogP contribution is -2.58. The van der Waals surface area contributed by atoms with E-state index in [1.807, 2.05) is 25.1 Å². The summed E-state index contributed by atoms with van der Waals surface area (Å²) < 4.78 is 0. The van der Waals surface area contributed by atoms with E-state index in [0.29, 0.717) is 0 Å². The number of carbonyl (C=O) groups excluding carboxylic acids is 1. The quantitative estimate of drug-likeness (QED) is 0.676. The molecule has 1 aliphatic heterocycles. The predicted octanol–water partition coefficient (Wildman–Crippen LogP) is 1.85. The van der Waals surface area contributed by atoms with Crippen molar-refractivity contribution < 1.29 is 4.79 Å². The maximum absolute atomic E-state index is 10.9. The molecule has 1 fully saturated rings. The van der Waals surface area contributed by atoms with Crippen molar-refractivity contribution >= 4 is 6.29 Å².